The zero-order valence-corrected chi connectivity index (χ0v) is 20.1. The third-order valence-electron chi connectivity index (χ3n) is 6.12. The molecule has 0 fully saturated rings. The molecule has 0 aliphatic carbocycles. The molecule has 1 amide bonds. The van der Waals surface area contributed by atoms with E-state index in [9.17, 15) is 9.59 Å². The van der Waals surface area contributed by atoms with E-state index in [-0.39, 0.29) is 30.8 Å². The van der Waals surface area contributed by atoms with Crippen LogP contribution in [-0.2, 0) is 13.0 Å². The van der Waals surface area contributed by atoms with Gasteiger partial charge in [0.05, 0.1) is 17.4 Å². The first-order valence-corrected chi connectivity index (χ1v) is 11.9. The number of fused-ring (bicyclic) bond motifs is 2. The van der Waals surface area contributed by atoms with Crippen LogP contribution in [0.5, 0.6) is 11.5 Å². The van der Waals surface area contributed by atoms with Gasteiger partial charge in [0.15, 0.2) is 16.3 Å². The molecule has 0 unspecified atom stereocenters. The van der Waals surface area contributed by atoms with E-state index in [1.807, 2.05) is 37.3 Å². The molecule has 0 spiro atoms. The standard InChI is InChI=1S/C27H25N3O4S/c1-17(7-8-18-5-3-2-4-6-18)28-25(31)20-11-9-19(10-12-20)15-30-26(32)21-13-23-24(34-16-33-23)14-22(21)29-27(30)35/h2-6,9-14,17H,7-8,15-16H2,1H3,(H,28,31)(H,29,35)/t17-/m0/s1. The summed E-state index contributed by atoms with van der Waals surface area (Å²) >= 11 is 5.44. The van der Waals surface area contributed by atoms with Crippen LogP contribution in [0.25, 0.3) is 10.9 Å². The number of hydrogen-bond acceptors (Lipinski definition) is 5. The largest absolute Gasteiger partial charge is 0.454 e. The highest BCUT2D eigenvalue weighted by Crippen LogP contribution is 2.34. The highest BCUT2D eigenvalue weighted by atomic mass is 32.1. The van der Waals surface area contributed by atoms with Crippen LogP contribution in [0.1, 0.15) is 34.8 Å². The normalized spacial score (nSPS) is 13.1. The van der Waals surface area contributed by atoms with Gasteiger partial charge in [-0.15, -0.1) is 0 Å². The Morgan fingerprint density at radius 2 is 1.77 bits per heavy atom. The van der Waals surface area contributed by atoms with Crippen molar-refractivity contribution < 1.29 is 14.3 Å². The fourth-order valence-electron chi connectivity index (χ4n) is 4.14. The second-order valence-electron chi connectivity index (χ2n) is 8.67. The van der Waals surface area contributed by atoms with Crippen molar-refractivity contribution in [3.8, 4) is 11.5 Å². The summed E-state index contributed by atoms with van der Waals surface area (Å²) in [7, 11) is 0. The lowest BCUT2D eigenvalue weighted by Gasteiger charge is -2.14. The Morgan fingerprint density at radius 3 is 2.51 bits per heavy atom. The number of rotatable bonds is 7. The number of amides is 1. The number of nitrogens with one attached hydrogen (secondary N) is 2. The van der Waals surface area contributed by atoms with Crippen molar-refractivity contribution in [3.63, 3.8) is 0 Å². The van der Waals surface area contributed by atoms with Gasteiger partial charge >= 0.3 is 0 Å². The van der Waals surface area contributed by atoms with E-state index < -0.39 is 0 Å². The predicted molar refractivity (Wildman–Crippen MR) is 137 cm³/mol. The van der Waals surface area contributed by atoms with Crippen LogP contribution in [0.2, 0.25) is 0 Å². The predicted octanol–water partition coefficient (Wildman–Crippen LogP) is 4.59. The molecular weight excluding hydrogens is 462 g/mol. The molecule has 7 nitrogen and oxygen atoms in total. The number of nitrogens with zero attached hydrogens (tertiary/aromatic N) is 1. The quantitative estimate of drug-likeness (QED) is 0.373. The molecule has 1 aliphatic rings. The number of hydrogen-bond donors (Lipinski definition) is 2. The summed E-state index contributed by atoms with van der Waals surface area (Å²) in [4.78, 5) is 28.9. The smallest absolute Gasteiger partial charge is 0.262 e. The van der Waals surface area contributed by atoms with E-state index in [0.717, 1.165) is 18.4 Å². The number of aryl methyl sites for hydroxylation is 1. The highest BCUT2D eigenvalue weighted by molar-refractivity contribution is 7.71. The second-order valence-corrected chi connectivity index (χ2v) is 9.05. The minimum absolute atomic E-state index is 0.0488. The number of H-pyrrole nitrogens is 1. The first-order valence-electron chi connectivity index (χ1n) is 11.5. The average Bonchev–Trinajstić information content (AvgIpc) is 3.33. The number of aromatic nitrogens is 2. The molecule has 0 saturated carbocycles. The zero-order valence-electron chi connectivity index (χ0n) is 19.2. The summed E-state index contributed by atoms with van der Waals surface area (Å²) in [6.07, 6.45) is 1.77. The lowest BCUT2D eigenvalue weighted by Crippen LogP contribution is -2.32. The van der Waals surface area contributed by atoms with Crippen LogP contribution < -0.4 is 20.3 Å². The van der Waals surface area contributed by atoms with Gasteiger partial charge in [0, 0.05) is 17.7 Å². The number of ether oxygens (including phenoxy) is 2. The van der Waals surface area contributed by atoms with Crippen molar-refractivity contribution in [1.82, 2.24) is 14.9 Å². The summed E-state index contributed by atoms with van der Waals surface area (Å²) in [6, 6.07) is 20.9. The first-order chi connectivity index (χ1) is 17.0. The maximum absolute atomic E-state index is 13.1. The van der Waals surface area contributed by atoms with Crippen molar-refractivity contribution in [3.05, 3.63) is 98.5 Å². The highest BCUT2D eigenvalue weighted by Gasteiger charge is 2.17. The van der Waals surface area contributed by atoms with Gasteiger partial charge in [-0.2, -0.15) is 0 Å². The maximum Gasteiger partial charge on any atom is 0.262 e. The third-order valence-corrected chi connectivity index (χ3v) is 6.44. The van der Waals surface area contributed by atoms with Crippen LogP contribution in [-0.4, -0.2) is 28.3 Å². The molecule has 5 rings (SSSR count). The first kappa shape index (κ1) is 22.9. The van der Waals surface area contributed by atoms with Crippen molar-refractivity contribution in [1.29, 1.82) is 0 Å². The molecule has 2 heterocycles. The van der Waals surface area contributed by atoms with E-state index in [4.69, 9.17) is 21.7 Å². The summed E-state index contributed by atoms with van der Waals surface area (Å²) in [5.41, 5.74) is 3.08. The molecule has 4 aromatic rings. The number of benzene rings is 3. The Kier molecular flexibility index (Phi) is 6.37. The molecule has 3 aromatic carbocycles. The third kappa shape index (κ3) is 4.97. The second kappa shape index (κ2) is 9.76. The molecule has 2 N–H and O–H groups in total. The molecular formula is C27H25N3O4S. The monoisotopic (exact) mass is 487 g/mol. The van der Waals surface area contributed by atoms with E-state index in [0.29, 0.717) is 32.7 Å². The zero-order chi connectivity index (χ0) is 24.4. The van der Waals surface area contributed by atoms with Crippen LogP contribution in [0.15, 0.2) is 71.5 Å². The van der Waals surface area contributed by atoms with Gasteiger partial charge in [-0.1, -0.05) is 42.5 Å². The summed E-state index contributed by atoms with van der Waals surface area (Å²) < 4.78 is 12.6. The van der Waals surface area contributed by atoms with Crippen molar-refractivity contribution in [2.24, 2.45) is 0 Å². The van der Waals surface area contributed by atoms with E-state index in [1.54, 1.807) is 24.3 Å². The Labute approximate surface area is 207 Å². The average molecular weight is 488 g/mol. The minimum atomic E-state index is -0.212. The Hall–Kier alpha value is -3.91. The molecule has 1 aliphatic heterocycles. The molecule has 1 aromatic heterocycles. The molecule has 0 radical (unpaired) electrons. The molecule has 1 atom stereocenters. The summed E-state index contributed by atoms with van der Waals surface area (Å²) in [6.45, 7) is 2.43. The number of aromatic amines is 1. The van der Waals surface area contributed by atoms with Gasteiger partial charge in [-0.05, 0) is 61.3 Å². The van der Waals surface area contributed by atoms with Crippen molar-refractivity contribution >= 4 is 29.0 Å². The van der Waals surface area contributed by atoms with Gasteiger partial charge in [0.1, 0.15) is 0 Å². The van der Waals surface area contributed by atoms with Crippen LogP contribution >= 0.6 is 12.2 Å². The Bertz CT molecular complexity index is 1490. The Morgan fingerprint density at radius 1 is 1.06 bits per heavy atom. The van der Waals surface area contributed by atoms with Crippen LogP contribution in [0.3, 0.4) is 0 Å². The molecule has 0 saturated heterocycles. The summed E-state index contributed by atoms with van der Waals surface area (Å²) in [5.74, 6) is 1.01. The van der Waals surface area contributed by atoms with Crippen molar-refractivity contribution in [2.75, 3.05) is 6.79 Å². The SMILES string of the molecule is C[C@@H](CCc1ccccc1)NC(=O)c1ccc(Cn2c(=S)[nH]c3cc4c(cc3c2=O)OCO4)cc1. The topological polar surface area (TPSA) is 85.4 Å². The number of carbonyl (C=O) groups excluding carboxylic acids is 1. The van der Waals surface area contributed by atoms with Gasteiger partial charge < -0.3 is 19.8 Å². The molecule has 0 bridgehead atoms. The van der Waals surface area contributed by atoms with E-state index in [1.165, 1.54) is 10.1 Å². The summed E-state index contributed by atoms with van der Waals surface area (Å²) in [5, 5.41) is 3.53. The number of carbonyl (C=O) groups is 1. The lowest BCUT2D eigenvalue weighted by atomic mass is 10.1. The Balaban J connectivity index is 1.27. The minimum Gasteiger partial charge on any atom is -0.454 e. The van der Waals surface area contributed by atoms with E-state index >= 15 is 0 Å². The van der Waals surface area contributed by atoms with Crippen molar-refractivity contribution in [2.45, 2.75) is 32.4 Å². The van der Waals surface area contributed by atoms with Gasteiger partial charge in [-0.3, -0.25) is 14.2 Å². The van der Waals surface area contributed by atoms with Gasteiger partial charge in [-0.25, -0.2) is 0 Å². The molecule has 178 valence electrons. The van der Waals surface area contributed by atoms with Gasteiger partial charge in [0.25, 0.3) is 11.5 Å². The van der Waals surface area contributed by atoms with Crippen LogP contribution in [0.4, 0.5) is 0 Å². The molecule has 8 heteroatoms. The van der Waals surface area contributed by atoms with Gasteiger partial charge in [0.2, 0.25) is 6.79 Å². The fraction of sp³-hybridized carbons (Fsp3) is 0.222. The molecule has 35 heavy (non-hydrogen) atoms. The fourth-order valence-corrected chi connectivity index (χ4v) is 4.39. The van der Waals surface area contributed by atoms with E-state index in [2.05, 4.69) is 22.4 Å². The maximum atomic E-state index is 13.1. The lowest BCUT2D eigenvalue weighted by molar-refractivity contribution is 0.0938. The van der Waals surface area contributed by atoms with Crippen LogP contribution in [0, 0.1) is 4.77 Å².